The molecule has 4 heteroatoms. The third-order valence-electron chi connectivity index (χ3n) is 3.22. The zero-order chi connectivity index (χ0) is 15.2. The molecule has 0 aliphatic carbocycles. The molecule has 0 spiro atoms. The van der Waals surface area contributed by atoms with Gasteiger partial charge in [-0.1, -0.05) is 50.1 Å². The van der Waals surface area contributed by atoms with E-state index in [4.69, 9.17) is 0 Å². The van der Waals surface area contributed by atoms with E-state index in [1.165, 1.54) is 5.56 Å². The SMILES string of the molecule is Cc1ccc(C(=O)Nc2cccc(CCCBr)c2)cc1Br. The molecule has 0 saturated carbocycles. The number of hydrogen-bond acceptors (Lipinski definition) is 1. The summed E-state index contributed by atoms with van der Waals surface area (Å²) in [6, 6.07) is 13.6. The molecular formula is C17H17Br2NO. The van der Waals surface area contributed by atoms with E-state index in [0.717, 1.165) is 33.9 Å². The molecule has 0 aliphatic heterocycles. The zero-order valence-electron chi connectivity index (χ0n) is 11.8. The van der Waals surface area contributed by atoms with Crippen LogP contribution in [0.4, 0.5) is 5.69 Å². The predicted octanol–water partition coefficient (Wildman–Crippen LogP) is 5.34. The van der Waals surface area contributed by atoms with Crippen molar-refractivity contribution in [1.82, 2.24) is 0 Å². The summed E-state index contributed by atoms with van der Waals surface area (Å²) in [4.78, 5) is 12.3. The van der Waals surface area contributed by atoms with Gasteiger partial charge in [0.05, 0.1) is 0 Å². The third kappa shape index (κ3) is 4.68. The molecule has 110 valence electrons. The summed E-state index contributed by atoms with van der Waals surface area (Å²) in [6.07, 6.45) is 2.09. The second-order valence-corrected chi connectivity index (χ2v) is 6.56. The maximum Gasteiger partial charge on any atom is 0.255 e. The number of carbonyl (C=O) groups is 1. The van der Waals surface area contributed by atoms with E-state index in [0.29, 0.717) is 5.56 Å². The molecular weight excluding hydrogens is 394 g/mol. The molecule has 0 aliphatic rings. The summed E-state index contributed by atoms with van der Waals surface area (Å²) in [7, 11) is 0. The fraction of sp³-hybridized carbons (Fsp3) is 0.235. The van der Waals surface area contributed by atoms with E-state index >= 15 is 0 Å². The summed E-state index contributed by atoms with van der Waals surface area (Å²) in [5.74, 6) is -0.0895. The first kappa shape index (κ1) is 16.2. The smallest absolute Gasteiger partial charge is 0.255 e. The highest BCUT2D eigenvalue weighted by atomic mass is 79.9. The lowest BCUT2D eigenvalue weighted by Crippen LogP contribution is -2.12. The molecule has 2 aromatic carbocycles. The van der Waals surface area contributed by atoms with E-state index in [9.17, 15) is 4.79 Å². The van der Waals surface area contributed by atoms with Crippen LogP contribution in [0.5, 0.6) is 0 Å². The van der Waals surface area contributed by atoms with Gasteiger partial charge in [-0.05, 0) is 55.2 Å². The number of halogens is 2. The van der Waals surface area contributed by atoms with Crippen molar-refractivity contribution < 1.29 is 4.79 Å². The minimum Gasteiger partial charge on any atom is -0.322 e. The van der Waals surface area contributed by atoms with Crippen molar-refractivity contribution in [3.63, 3.8) is 0 Å². The molecule has 0 saturated heterocycles. The lowest BCUT2D eigenvalue weighted by atomic mass is 10.1. The summed E-state index contributed by atoms with van der Waals surface area (Å²) in [5.41, 5.74) is 3.84. The molecule has 2 nitrogen and oxygen atoms in total. The molecule has 0 atom stereocenters. The van der Waals surface area contributed by atoms with Crippen LogP contribution in [0.2, 0.25) is 0 Å². The number of anilines is 1. The fourth-order valence-electron chi connectivity index (χ4n) is 2.01. The molecule has 0 bridgehead atoms. The van der Waals surface area contributed by atoms with Crippen molar-refractivity contribution >= 4 is 43.5 Å². The van der Waals surface area contributed by atoms with Gasteiger partial charge < -0.3 is 5.32 Å². The fourth-order valence-corrected chi connectivity index (χ4v) is 2.67. The van der Waals surface area contributed by atoms with Crippen molar-refractivity contribution in [2.24, 2.45) is 0 Å². The van der Waals surface area contributed by atoms with Gasteiger partial charge in [0, 0.05) is 21.1 Å². The summed E-state index contributed by atoms with van der Waals surface area (Å²) in [5, 5.41) is 3.94. The Labute approximate surface area is 142 Å². The first-order valence-corrected chi connectivity index (χ1v) is 8.74. The molecule has 0 heterocycles. The number of nitrogens with one attached hydrogen (secondary N) is 1. The Morgan fingerprint density at radius 2 is 2.00 bits per heavy atom. The maximum absolute atomic E-state index is 12.3. The van der Waals surface area contributed by atoms with Crippen molar-refractivity contribution in [2.75, 3.05) is 10.6 Å². The van der Waals surface area contributed by atoms with Crippen LogP contribution in [0, 0.1) is 6.92 Å². The second kappa shape index (κ2) is 7.76. The molecule has 0 aromatic heterocycles. The van der Waals surface area contributed by atoms with E-state index in [1.54, 1.807) is 0 Å². The lowest BCUT2D eigenvalue weighted by Gasteiger charge is -2.08. The number of alkyl halides is 1. The monoisotopic (exact) mass is 409 g/mol. The Hall–Kier alpha value is -1.13. The van der Waals surface area contributed by atoms with Gasteiger partial charge in [-0.25, -0.2) is 0 Å². The van der Waals surface area contributed by atoms with Crippen LogP contribution in [0.15, 0.2) is 46.9 Å². The minimum atomic E-state index is -0.0895. The maximum atomic E-state index is 12.3. The highest BCUT2D eigenvalue weighted by Crippen LogP contribution is 2.19. The highest BCUT2D eigenvalue weighted by molar-refractivity contribution is 9.10. The van der Waals surface area contributed by atoms with Gasteiger partial charge in [0.1, 0.15) is 0 Å². The second-order valence-electron chi connectivity index (χ2n) is 4.91. The molecule has 1 amide bonds. The highest BCUT2D eigenvalue weighted by Gasteiger charge is 2.08. The van der Waals surface area contributed by atoms with Gasteiger partial charge in [0.2, 0.25) is 0 Å². The van der Waals surface area contributed by atoms with Gasteiger partial charge in [0.25, 0.3) is 5.91 Å². The average molecular weight is 411 g/mol. The van der Waals surface area contributed by atoms with Gasteiger partial charge in [-0.3, -0.25) is 4.79 Å². The molecule has 21 heavy (non-hydrogen) atoms. The summed E-state index contributed by atoms with van der Waals surface area (Å²) < 4.78 is 0.946. The Balaban J connectivity index is 2.10. The zero-order valence-corrected chi connectivity index (χ0v) is 15.0. The minimum absolute atomic E-state index is 0.0895. The van der Waals surface area contributed by atoms with Crippen LogP contribution in [-0.4, -0.2) is 11.2 Å². The normalized spacial score (nSPS) is 10.4. The molecule has 0 radical (unpaired) electrons. The van der Waals surface area contributed by atoms with E-state index in [1.807, 2.05) is 43.3 Å². The lowest BCUT2D eigenvalue weighted by molar-refractivity contribution is 0.102. The Morgan fingerprint density at radius 3 is 2.71 bits per heavy atom. The molecule has 2 rings (SSSR count). The van der Waals surface area contributed by atoms with Gasteiger partial charge in [-0.15, -0.1) is 0 Å². The molecule has 0 unspecified atom stereocenters. The topological polar surface area (TPSA) is 29.1 Å². The molecule has 0 fully saturated rings. The third-order valence-corrected chi connectivity index (χ3v) is 4.63. The first-order chi connectivity index (χ1) is 10.1. The summed E-state index contributed by atoms with van der Waals surface area (Å²) >= 11 is 6.89. The van der Waals surface area contributed by atoms with E-state index < -0.39 is 0 Å². The standard InChI is InChI=1S/C17H17Br2NO/c1-12-7-8-14(11-16(12)19)17(21)20-15-6-2-4-13(10-15)5-3-9-18/h2,4,6-8,10-11H,3,5,9H2,1H3,(H,20,21). The van der Waals surface area contributed by atoms with Gasteiger partial charge in [0.15, 0.2) is 0 Å². The van der Waals surface area contributed by atoms with Crippen LogP contribution >= 0.6 is 31.9 Å². The van der Waals surface area contributed by atoms with Crippen molar-refractivity contribution in [2.45, 2.75) is 19.8 Å². The number of benzene rings is 2. The first-order valence-electron chi connectivity index (χ1n) is 6.82. The number of amides is 1. The average Bonchev–Trinajstić information content (AvgIpc) is 2.48. The van der Waals surface area contributed by atoms with Crippen LogP contribution < -0.4 is 5.32 Å². The van der Waals surface area contributed by atoms with Crippen LogP contribution in [0.1, 0.15) is 27.9 Å². The largest absolute Gasteiger partial charge is 0.322 e. The summed E-state index contributed by atoms with van der Waals surface area (Å²) in [6.45, 7) is 2.00. The van der Waals surface area contributed by atoms with Crippen molar-refractivity contribution in [3.05, 3.63) is 63.6 Å². The predicted molar refractivity (Wildman–Crippen MR) is 95.4 cm³/mol. The van der Waals surface area contributed by atoms with Crippen molar-refractivity contribution in [3.8, 4) is 0 Å². The van der Waals surface area contributed by atoms with Gasteiger partial charge >= 0.3 is 0 Å². The van der Waals surface area contributed by atoms with Crippen LogP contribution in [-0.2, 0) is 6.42 Å². The Bertz CT molecular complexity index is 640. The Kier molecular flexibility index (Phi) is 6.00. The Morgan fingerprint density at radius 1 is 1.19 bits per heavy atom. The number of rotatable bonds is 5. The van der Waals surface area contributed by atoms with Crippen LogP contribution in [0.3, 0.4) is 0 Å². The quantitative estimate of drug-likeness (QED) is 0.662. The number of aryl methyl sites for hydroxylation is 2. The van der Waals surface area contributed by atoms with Crippen molar-refractivity contribution in [1.29, 1.82) is 0 Å². The van der Waals surface area contributed by atoms with E-state index in [2.05, 4.69) is 43.2 Å². The molecule has 1 N–H and O–H groups in total. The van der Waals surface area contributed by atoms with Crippen LogP contribution in [0.25, 0.3) is 0 Å². The number of carbonyl (C=O) groups excluding carboxylic acids is 1. The van der Waals surface area contributed by atoms with E-state index in [-0.39, 0.29) is 5.91 Å². The number of hydrogen-bond donors (Lipinski definition) is 1. The molecule has 2 aromatic rings. The van der Waals surface area contributed by atoms with Gasteiger partial charge in [-0.2, -0.15) is 0 Å².